The number of nitrogens with one attached hydrogen (secondary N) is 1. The van der Waals surface area contributed by atoms with Crippen molar-refractivity contribution in [3.05, 3.63) is 33.8 Å². The molecule has 1 atom stereocenters. The number of nitrogens with zero attached hydrogens (tertiary/aromatic N) is 1. The van der Waals surface area contributed by atoms with E-state index in [1.54, 1.807) is 31.5 Å². The van der Waals surface area contributed by atoms with Crippen LogP contribution in [0.2, 0.25) is 10.0 Å². The molecule has 26 heavy (non-hydrogen) atoms. The van der Waals surface area contributed by atoms with Crippen LogP contribution in [0.5, 0.6) is 0 Å². The SMILES string of the molecule is CC(C)C(CS(=O)(=O)N1CCC(c2ccc(Cl)cc2Cl)CC1)C(=O)NO. The molecule has 146 valence electrons. The van der Waals surface area contributed by atoms with Gasteiger partial charge in [-0.15, -0.1) is 0 Å². The van der Waals surface area contributed by atoms with Crippen LogP contribution >= 0.6 is 23.2 Å². The zero-order valence-corrected chi connectivity index (χ0v) is 17.1. The molecule has 1 amide bonds. The number of rotatable bonds is 6. The summed E-state index contributed by atoms with van der Waals surface area (Å²) < 4.78 is 26.8. The Morgan fingerprint density at radius 1 is 1.31 bits per heavy atom. The Labute approximate surface area is 164 Å². The van der Waals surface area contributed by atoms with Crippen molar-refractivity contribution in [1.29, 1.82) is 0 Å². The third-order valence-corrected chi connectivity index (χ3v) is 7.39. The summed E-state index contributed by atoms with van der Waals surface area (Å²) in [4.78, 5) is 11.7. The van der Waals surface area contributed by atoms with E-state index in [1.807, 2.05) is 6.07 Å². The van der Waals surface area contributed by atoms with E-state index in [0.29, 0.717) is 36.0 Å². The van der Waals surface area contributed by atoms with Crippen LogP contribution in [0.15, 0.2) is 18.2 Å². The van der Waals surface area contributed by atoms with Gasteiger partial charge in [0.05, 0.1) is 11.7 Å². The summed E-state index contributed by atoms with van der Waals surface area (Å²) >= 11 is 12.2. The first-order valence-electron chi connectivity index (χ1n) is 8.52. The molecule has 0 aliphatic carbocycles. The van der Waals surface area contributed by atoms with E-state index in [-0.39, 0.29) is 17.6 Å². The van der Waals surface area contributed by atoms with Crippen molar-refractivity contribution in [2.45, 2.75) is 32.6 Å². The predicted molar refractivity (Wildman–Crippen MR) is 102 cm³/mol. The highest BCUT2D eigenvalue weighted by molar-refractivity contribution is 7.89. The first kappa shape index (κ1) is 21.4. The fourth-order valence-corrected chi connectivity index (χ4v) is 5.79. The minimum Gasteiger partial charge on any atom is -0.289 e. The molecule has 1 aromatic rings. The molecule has 1 fully saturated rings. The maximum absolute atomic E-state index is 12.7. The fourth-order valence-electron chi connectivity index (χ4n) is 3.26. The van der Waals surface area contributed by atoms with Crippen LogP contribution in [0.3, 0.4) is 0 Å². The van der Waals surface area contributed by atoms with Gasteiger partial charge in [-0.05, 0) is 42.4 Å². The number of hydrogen-bond donors (Lipinski definition) is 2. The summed E-state index contributed by atoms with van der Waals surface area (Å²) in [5, 5.41) is 10.0. The van der Waals surface area contributed by atoms with Gasteiger partial charge in [-0.25, -0.2) is 18.2 Å². The second kappa shape index (κ2) is 8.89. The van der Waals surface area contributed by atoms with Crippen molar-refractivity contribution < 1.29 is 18.4 Å². The first-order valence-corrected chi connectivity index (χ1v) is 10.9. The minimum atomic E-state index is -3.60. The van der Waals surface area contributed by atoms with Crippen molar-refractivity contribution in [2.24, 2.45) is 11.8 Å². The van der Waals surface area contributed by atoms with E-state index in [4.69, 9.17) is 28.4 Å². The average molecular weight is 423 g/mol. The van der Waals surface area contributed by atoms with Crippen LogP contribution in [-0.2, 0) is 14.8 Å². The molecule has 1 aliphatic heterocycles. The Morgan fingerprint density at radius 3 is 2.42 bits per heavy atom. The molecular formula is C17H24Cl2N2O4S. The molecule has 1 aromatic carbocycles. The second-order valence-electron chi connectivity index (χ2n) is 6.94. The normalized spacial score (nSPS) is 18.1. The van der Waals surface area contributed by atoms with Crippen molar-refractivity contribution >= 4 is 39.1 Å². The van der Waals surface area contributed by atoms with E-state index in [1.165, 1.54) is 4.31 Å². The molecule has 1 saturated heterocycles. The Bertz CT molecular complexity index is 747. The quantitative estimate of drug-likeness (QED) is 0.543. The molecule has 1 unspecified atom stereocenters. The molecular weight excluding hydrogens is 399 g/mol. The summed E-state index contributed by atoms with van der Waals surface area (Å²) in [6.45, 7) is 4.25. The van der Waals surface area contributed by atoms with E-state index < -0.39 is 21.8 Å². The predicted octanol–water partition coefficient (Wildman–Crippen LogP) is 3.28. The molecule has 0 saturated carbocycles. The lowest BCUT2D eigenvalue weighted by Gasteiger charge is -2.33. The molecule has 0 spiro atoms. The lowest BCUT2D eigenvalue weighted by Crippen LogP contribution is -2.44. The van der Waals surface area contributed by atoms with Gasteiger partial charge in [-0.1, -0.05) is 43.1 Å². The first-order chi connectivity index (χ1) is 12.2. The van der Waals surface area contributed by atoms with Crippen molar-refractivity contribution in [2.75, 3.05) is 18.8 Å². The maximum Gasteiger partial charge on any atom is 0.247 e. The number of hydroxylamine groups is 1. The second-order valence-corrected chi connectivity index (χ2v) is 9.80. The molecule has 0 aromatic heterocycles. The maximum atomic E-state index is 12.7. The van der Waals surface area contributed by atoms with E-state index in [9.17, 15) is 13.2 Å². The van der Waals surface area contributed by atoms with Gasteiger partial charge < -0.3 is 0 Å². The molecule has 6 nitrogen and oxygen atoms in total. The molecule has 1 aliphatic rings. The number of amides is 1. The third kappa shape index (κ3) is 5.10. The minimum absolute atomic E-state index is 0.174. The molecule has 1 heterocycles. The number of hydrogen-bond acceptors (Lipinski definition) is 4. The van der Waals surface area contributed by atoms with E-state index in [2.05, 4.69) is 0 Å². The summed E-state index contributed by atoms with van der Waals surface area (Å²) in [7, 11) is -3.60. The largest absolute Gasteiger partial charge is 0.289 e. The highest BCUT2D eigenvalue weighted by Crippen LogP contribution is 2.35. The fraction of sp³-hybridized carbons (Fsp3) is 0.588. The lowest BCUT2D eigenvalue weighted by molar-refractivity contribution is -0.134. The molecule has 9 heteroatoms. The number of carbonyl (C=O) groups excluding carboxylic acids is 1. The van der Waals surface area contributed by atoms with Gasteiger partial charge in [-0.2, -0.15) is 0 Å². The smallest absolute Gasteiger partial charge is 0.247 e. The van der Waals surface area contributed by atoms with Gasteiger partial charge >= 0.3 is 0 Å². The summed E-state index contributed by atoms with van der Waals surface area (Å²) in [5.74, 6) is -1.82. The zero-order chi connectivity index (χ0) is 19.5. The van der Waals surface area contributed by atoms with Gasteiger partial charge in [0.25, 0.3) is 0 Å². The standard InChI is InChI=1S/C17H24Cl2N2O4S/c1-11(2)15(17(22)20-23)10-26(24,25)21-7-5-12(6-8-21)14-4-3-13(18)9-16(14)19/h3-4,9,11-12,15,23H,5-8,10H2,1-2H3,(H,20,22). The van der Waals surface area contributed by atoms with Crippen LogP contribution in [0.4, 0.5) is 0 Å². The van der Waals surface area contributed by atoms with Crippen molar-refractivity contribution in [1.82, 2.24) is 9.79 Å². The highest BCUT2D eigenvalue weighted by atomic mass is 35.5. The highest BCUT2D eigenvalue weighted by Gasteiger charge is 2.34. The molecule has 0 radical (unpaired) electrons. The average Bonchev–Trinajstić information content (AvgIpc) is 2.59. The van der Waals surface area contributed by atoms with Crippen molar-refractivity contribution in [3.63, 3.8) is 0 Å². The van der Waals surface area contributed by atoms with Crippen LogP contribution in [-0.4, -0.2) is 42.7 Å². The Balaban J connectivity index is 2.04. The Morgan fingerprint density at radius 2 is 1.92 bits per heavy atom. The number of carbonyl (C=O) groups is 1. The molecule has 2 rings (SSSR count). The third-order valence-electron chi connectivity index (χ3n) is 4.89. The lowest BCUT2D eigenvalue weighted by atomic mass is 9.90. The van der Waals surface area contributed by atoms with Gasteiger partial charge in [0.15, 0.2) is 0 Å². The number of halogens is 2. The molecule has 2 N–H and O–H groups in total. The monoisotopic (exact) mass is 422 g/mol. The van der Waals surface area contributed by atoms with Crippen LogP contribution < -0.4 is 5.48 Å². The van der Waals surface area contributed by atoms with E-state index in [0.717, 1.165) is 5.56 Å². The van der Waals surface area contributed by atoms with Gasteiger partial charge in [0, 0.05) is 23.1 Å². The summed E-state index contributed by atoms with van der Waals surface area (Å²) in [5.41, 5.74) is 2.54. The van der Waals surface area contributed by atoms with Crippen LogP contribution in [0.25, 0.3) is 0 Å². The number of piperidine rings is 1. The summed E-state index contributed by atoms with van der Waals surface area (Å²) in [6, 6.07) is 5.37. The summed E-state index contributed by atoms with van der Waals surface area (Å²) in [6.07, 6.45) is 1.30. The van der Waals surface area contributed by atoms with Crippen molar-refractivity contribution in [3.8, 4) is 0 Å². The van der Waals surface area contributed by atoms with Gasteiger partial charge in [-0.3, -0.25) is 10.0 Å². The zero-order valence-electron chi connectivity index (χ0n) is 14.8. The Kier molecular flexibility index (Phi) is 7.33. The van der Waals surface area contributed by atoms with Crippen LogP contribution in [0, 0.1) is 11.8 Å². The molecule has 0 bridgehead atoms. The van der Waals surface area contributed by atoms with E-state index >= 15 is 0 Å². The topological polar surface area (TPSA) is 86.7 Å². The van der Waals surface area contributed by atoms with Gasteiger partial charge in [0.2, 0.25) is 15.9 Å². The van der Waals surface area contributed by atoms with Crippen LogP contribution in [0.1, 0.15) is 38.2 Å². The number of benzene rings is 1. The van der Waals surface area contributed by atoms with Gasteiger partial charge in [0.1, 0.15) is 0 Å². The number of sulfonamides is 1. The Hall–Kier alpha value is -0.860.